The standard InChI is InChI=1S/C28H36N8S/c1-4-26(2,3)19-5-6-20-21(8-19)37-25-23(20)24-32-22(33-35(24)16-29-25)13-27-9-17-7-18(10-27)12-28(11-17,14-27)36-31-15-30-34-36/h15-19H,4-14H2,1-3H3. The zero-order valence-corrected chi connectivity index (χ0v) is 23.0. The molecule has 4 bridgehead atoms. The van der Waals surface area contributed by atoms with Gasteiger partial charge in [-0.25, -0.2) is 14.5 Å². The van der Waals surface area contributed by atoms with Gasteiger partial charge in [0.25, 0.3) is 0 Å². The minimum Gasteiger partial charge on any atom is -0.225 e. The Morgan fingerprint density at radius 2 is 2.00 bits per heavy atom. The Morgan fingerprint density at radius 3 is 2.76 bits per heavy atom. The molecule has 37 heavy (non-hydrogen) atoms. The van der Waals surface area contributed by atoms with E-state index < -0.39 is 0 Å². The third-order valence-electron chi connectivity index (χ3n) is 10.9. The van der Waals surface area contributed by atoms with Crippen LogP contribution in [0.15, 0.2) is 12.7 Å². The molecule has 0 amide bonds. The van der Waals surface area contributed by atoms with Crippen molar-refractivity contribution in [2.24, 2.45) is 28.6 Å². The lowest BCUT2D eigenvalue weighted by Gasteiger charge is -2.61. The van der Waals surface area contributed by atoms with E-state index in [2.05, 4.69) is 36.2 Å². The molecular formula is C28H36N8S. The number of fused-ring (bicyclic) bond motifs is 5. The van der Waals surface area contributed by atoms with Gasteiger partial charge in [-0.2, -0.15) is 4.80 Å². The second-order valence-electron chi connectivity index (χ2n) is 13.6. The fourth-order valence-corrected chi connectivity index (χ4v) is 10.5. The first-order valence-electron chi connectivity index (χ1n) is 14.2. The van der Waals surface area contributed by atoms with Crippen molar-refractivity contribution in [3.05, 3.63) is 28.9 Å². The summed E-state index contributed by atoms with van der Waals surface area (Å²) in [7, 11) is 0. The predicted molar refractivity (Wildman–Crippen MR) is 142 cm³/mol. The lowest BCUT2D eigenvalue weighted by molar-refractivity contribution is -0.112. The van der Waals surface area contributed by atoms with Gasteiger partial charge in [-0.05, 0) is 97.1 Å². The first kappa shape index (κ1) is 22.6. The van der Waals surface area contributed by atoms with Gasteiger partial charge in [0.1, 0.15) is 11.2 Å². The summed E-state index contributed by atoms with van der Waals surface area (Å²) in [5, 5.41) is 19.3. The van der Waals surface area contributed by atoms with Crippen LogP contribution in [0.5, 0.6) is 0 Å². The van der Waals surface area contributed by atoms with Gasteiger partial charge in [0.05, 0.1) is 10.9 Å². The molecule has 9 rings (SSSR count). The van der Waals surface area contributed by atoms with E-state index in [0.29, 0.717) is 5.41 Å². The molecule has 0 aliphatic heterocycles. The van der Waals surface area contributed by atoms with Crippen molar-refractivity contribution in [1.82, 2.24) is 39.8 Å². The average Bonchev–Trinajstić information content (AvgIpc) is 3.60. The maximum Gasteiger partial charge on any atom is 0.167 e. The molecule has 0 radical (unpaired) electrons. The van der Waals surface area contributed by atoms with Crippen molar-refractivity contribution in [3.8, 4) is 0 Å². The van der Waals surface area contributed by atoms with E-state index >= 15 is 0 Å². The summed E-state index contributed by atoms with van der Waals surface area (Å²) in [5.41, 5.74) is 3.16. The minimum absolute atomic E-state index is 0.0315. The maximum absolute atomic E-state index is 5.23. The Balaban J connectivity index is 1.15. The number of aromatic nitrogens is 8. The number of rotatable bonds is 5. The summed E-state index contributed by atoms with van der Waals surface area (Å²) >= 11 is 1.89. The Kier molecular flexibility index (Phi) is 4.62. The lowest BCUT2D eigenvalue weighted by atomic mass is 9.46. The van der Waals surface area contributed by atoms with E-state index in [1.54, 1.807) is 6.33 Å². The fourth-order valence-electron chi connectivity index (χ4n) is 9.21. The molecule has 5 aliphatic carbocycles. The van der Waals surface area contributed by atoms with Gasteiger partial charge >= 0.3 is 0 Å². The van der Waals surface area contributed by atoms with E-state index in [0.717, 1.165) is 53.3 Å². The Hall–Kier alpha value is -2.42. The van der Waals surface area contributed by atoms with Crippen molar-refractivity contribution in [3.63, 3.8) is 0 Å². The van der Waals surface area contributed by atoms with Crippen LogP contribution in [-0.4, -0.2) is 39.8 Å². The number of hydrogen-bond acceptors (Lipinski definition) is 7. The van der Waals surface area contributed by atoms with Crippen LogP contribution in [0.3, 0.4) is 0 Å². The molecule has 0 aromatic carbocycles. The van der Waals surface area contributed by atoms with Crippen LogP contribution in [-0.2, 0) is 24.8 Å². The van der Waals surface area contributed by atoms with Gasteiger partial charge in [0, 0.05) is 11.3 Å². The number of thiophene rings is 1. The second-order valence-corrected chi connectivity index (χ2v) is 14.7. The monoisotopic (exact) mass is 516 g/mol. The van der Waals surface area contributed by atoms with E-state index in [-0.39, 0.29) is 11.0 Å². The molecule has 4 aromatic heterocycles. The molecule has 4 heterocycles. The van der Waals surface area contributed by atoms with Crippen molar-refractivity contribution in [2.75, 3.05) is 0 Å². The zero-order valence-electron chi connectivity index (χ0n) is 22.2. The fraction of sp³-hybridized carbons (Fsp3) is 0.714. The lowest BCUT2D eigenvalue weighted by Crippen LogP contribution is -2.57. The number of tetrazole rings is 1. The van der Waals surface area contributed by atoms with Crippen molar-refractivity contribution in [2.45, 2.75) is 96.9 Å². The summed E-state index contributed by atoms with van der Waals surface area (Å²) in [6, 6.07) is 0. The van der Waals surface area contributed by atoms with Gasteiger partial charge in [-0.3, -0.25) is 0 Å². The highest BCUT2D eigenvalue weighted by atomic mass is 32.1. The molecule has 4 fully saturated rings. The number of aryl methyl sites for hydroxylation is 1. The summed E-state index contributed by atoms with van der Waals surface area (Å²) in [5.74, 6) is 3.23. The third kappa shape index (κ3) is 3.31. The smallest absolute Gasteiger partial charge is 0.167 e. The Morgan fingerprint density at radius 1 is 1.16 bits per heavy atom. The largest absolute Gasteiger partial charge is 0.225 e. The molecular weight excluding hydrogens is 480 g/mol. The predicted octanol–water partition coefficient (Wildman–Crippen LogP) is 5.40. The topological polar surface area (TPSA) is 86.7 Å². The van der Waals surface area contributed by atoms with E-state index in [1.807, 2.05) is 27.0 Å². The third-order valence-corrected chi connectivity index (χ3v) is 12.1. The van der Waals surface area contributed by atoms with Crippen LogP contribution >= 0.6 is 11.3 Å². The molecule has 9 heteroatoms. The second kappa shape index (κ2) is 7.58. The SMILES string of the molecule is CCC(C)(C)C1CCc2c(sc3ncn4nc(CC56CC7CC(C5)CC(n5ncnn5)(C7)C6)nc4c23)C1. The van der Waals surface area contributed by atoms with E-state index in [4.69, 9.17) is 15.1 Å². The average molecular weight is 517 g/mol. The van der Waals surface area contributed by atoms with Crippen molar-refractivity contribution >= 4 is 27.2 Å². The molecule has 194 valence electrons. The van der Waals surface area contributed by atoms with Crippen LogP contribution < -0.4 is 0 Å². The highest BCUT2D eigenvalue weighted by Crippen LogP contribution is 2.64. The van der Waals surface area contributed by atoms with Gasteiger partial charge in [0.2, 0.25) is 0 Å². The molecule has 3 unspecified atom stereocenters. The van der Waals surface area contributed by atoms with Gasteiger partial charge < -0.3 is 0 Å². The minimum atomic E-state index is 0.0315. The number of hydrogen-bond donors (Lipinski definition) is 0. The molecule has 4 saturated carbocycles. The summed E-state index contributed by atoms with van der Waals surface area (Å²) in [4.78, 5) is 14.7. The van der Waals surface area contributed by atoms with Crippen LogP contribution in [0.4, 0.5) is 0 Å². The molecule has 8 nitrogen and oxygen atoms in total. The quantitative estimate of drug-likeness (QED) is 0.353. The Bertz CT molecular complexity index is 1480. The van der Waals surface area contributed by atoms with Crippen LogP contribution in [0, 0.1) is 28.6 Å². The highest BCUT2D eigenvalue weighted by Gasteiger charge is 2.59. The zero-order chi connectivity index (χ0) is 25.0. The van der Waals surface area contributed by atoms with Crippen molar-refractivity contribution in [1.29, 1.82) is 0 Å². The van der Waals surface area contributed by atoms with E-state index in [1.165, 1.54) is 67.2 Å². The van der Waals surface area contributed by atoms with E-state index in [9.17, 15) is 0 Å². The molecule has 4 aromatic rings. The number of nitrogens with zero attached hydrogens (tertiary/aromatic N) is 8. The molecule has 5 aliphatic rings. The van der Waals surface area contributed by atoms with Crippen LogP contribution in [0.2, 0.25) is 0 Å². The summed E-state index contributed by atoms with van der Waals surface area (Å²) in [6.45, 7) is 7.20. The first-order chi connectivity index (χ1) is 17.9. The molecule has 0 saturated heterocycles. The summed E-state index contributed by atoms with van der Waals surface area (Å²) < 4.78 is 1.96. The molecule has 3 atom stereocenters. The van der Waals surface area contributed by atoms with Crippen LogP contribution in [0.1, 0.15) is 88.4 Å². The molecule has 0 N–H and O–H groups in total. The van der Waals surface area contributed by atoms with Gasteiger partial charge in [-0.1, -0.05) is 27.2 Å². The van der Waals surface area contributed by atoms with Crippen molar-refractivity contribution < 1.29 is 0 Å². The molecule has 0 spiro atoms. The first-order valence-corrected chi connectivity index (χ1v) is 15.1. The van der Waals surface area contributed by atoms with Gasteiger partial charge in [-0.15, -0.1) is 26.6 Å². The van der Waals surface area contributed by atoms with Gasteiger partial charge in [0.15, 0.2) is 17.8 Å². The van der Waals surface area contributed by atoms with Crippen LogP contribution in [0.25, 0.3) is 15.9 Å². The normalized spacial score (nSPS) is 33.0. The maximum atomic E-state index is 5.23. The highest BCUT2D eigenvalue weighted by molar-refractivity contribution is 7.19. The Labute approximate surface area is 221 Å². The summed E-state index contributed by atoms with van der Waals surface area (Å²) in [6.07, 6.45) is 16.7.